The molecule has 0 spiro atoms. The largest absolute Gasteiger partial charge is 0.465 e. The number of thiocarbonyl (C=S) groups is 1. The van der Waals surface area contributed by atoms with Crippen LogP contribution in [0.3, 0.4) is 0 Å². The molecule has 0 saturated carbocycles. The molecule has 0 bridgehead atoms. The van der Waals surface area contributed by atoms with Crippen LogP contribution in [0.15, 0.2) is 47.4 Å². The number of thioether (sulfide) groups is 1. The van der Waals surface area contributed by atoms with Gasteiger partial charge in [-0.15, -0.1) is 0 Å². The fourth-order valence-electron chi connectivity index (χ4n) is 2.33. The number of ether oxygens (including phenoxy) is 1. The van der Waals surface area contributed by atoms with Gasteiger partial charge >= 0.3 is 5.97 Å². The van der Waals surface area contributed by atoms with Crippen LogP contribution in [-0.2, 0) is 9.53 Å². The van der Waals surface area contributed by atoms with Crippen LogP contribution in [0.25, 0.3) is 6.08 Å². The van der Waals surface area contributed by atoms with E-state index in [0.717, 1.165) is 5.56 Å². The molecule has 0 N–H and O–H groups in total. The zero-order valence-electron chi connectivity index (χ0n) is 13.4. The molecule has 8 heteroatoms. The Morgan fingerprint density at radius 3 is 2.65 bits per heavy atom. The number of amides is 1. The summed E-state index contributed by atoms with van der Waals surface area (Å²) in [5.74, 6) is -0.753. The molecule has 1 saturated heterocycles. The first-order chi connectivity index (χ1) is 12.4. The molecule has 26 heavy (non-hydrogen) atoms. The summed E-state index contributed by atoms with van der Waals surface area (Å²) in [6.07, 6.45) is 1.70. The third kappa shape index (κ3) is 3.78. The Morgan fingerprint density at radius 2 is 1.96 bits per heavy atom. The molecule has 1 heterocycles. The number of carbonyl (C=O) groups excluding carboxylic acids is 2. The zero-order valence-corrected chi connectivity index (χ0v) is 16.5. The van der Waals surface area contributed by atoms with Crippen molar-refractivity contribution in [2.45, 2.75) is 0 Å². The highest BCUT2D eigenvalue weighted by atomic mass is 35.5. The first-order valence-electron chi connectivity index (χ1n) is 7.32. The highest BCUT2D eigenvalue weighted by molar-refractivity contribution is 8.27. The van der Waals surface area contributed by atoms with Gasteiger partial charge < -0.3 is 4.74 Å². The monoisotopic (exact) mass is 423 g/mol. The maximum Gasteiger partial charge on any atom is 0.337 e. The summed E-state index contributed by atoms with van der Waals surface area (Å²) in [6.45, 7) is 0. The lowest BCUT2D eigenvalue weighted by Gasteiger charge is -2.15. The standard InChI is InChI=1S/C18H11Cl2NO3S2/c1-24-17(23)11-3-2-4-12(9-11)21-16(22)15(26-18(21)25)8-10-5-6-13(19)14(20)7-10/h2-9H,1H3/b15-8-. The smallest absolute Gasteiger partial charge is 0.337 e. The predicted octanol–water partition coefficient (Wildman–Crippen LogP) is 5.19. The van der Waals surface area contributed by atoms with E-state index in [1.54, 1.807) is 48.5 Å². The number of carbonyl (C=O) groups is 2. The minimum atomic E-state index is -0.483. The van der Waals surface area contributed by atoms with Gasteiger partial charge in [0.2, 0.25) is 0 Å². The Bertz CT molecular complexity index is 959. The fraction of sp³-hybridized carbons (Fsp3) is 0.0556. The van der Waals surface area contributed by atoms with Gasteiger partial charge in [0.15, 0.2) is 4.32 Å². The number of nitrogens with zero attached hydrogens (tertiary/aromatic N) is 1. The molecular weight excluding hydrogens is 413 g/mol. The second-order valence-electron chi connectivity index (χ2n) is 5.23. The molecule has 132 valence electrons. The van der Waals surface area contributed by atoms with E-state index in [0.29, 0.717) is 30.5 Å². The number of esters is 1. The number of anilines is 1. The summed E-state index contributed by atoms with van der Waals surface area (Å²) in [5, 5.41) is 0.845. The molecule has 4 nitrogen and oxygen atoms in total. The van der Waals surface area contributed by atoms with Crippen LogP contribution in [0.1, 0.15) is 15.9 Å². The van der Waals surface area contributed by atoms with Crippen molar-refractivity contribution in [3.63, 3.8) is 0 Å². The maximum atomic E-state index is 12.8. The Labute approximate surface area is 169 Å². The highest BCUT2D eigenvalue weighted by Gasteiger charge is 2.33. The minimum absolute atomic E-state index is 0.270. The Balaban J connectivity index is 1.93. The Kier molecular flexibility index (Phi) is 5.67. The summed E-state index contributed by atoms with van der Waals surface area (Å²) >= 11 is 18.4. The van der Waals surface area contributed by atoms with Crippen molar-refractivity contribution in [1.29, 1.82) is 0 Å². The van der Waals surface area contributed by atoms with Crippen LogP contribution in [0.4, 0.5) is 5.69 Å². The number of methoxy groups -OCH3 is 1. The lowest BCUT2D eigenvalue weighted by atomic mass is 10.2. The van der Waals surface area contributed by atoms with E-state index in [1.165, 1.54) is 23.8 Å². The van der Waals surface area contributed by atoms with Crippen LogP contribution in [-0.4, -0.2) is 23.3 Å². The van der Waals surface area contributed by atoms with E-state index < -0.39 is 5.97 Å². The maximum absolute atomic E-state index is 12.8. The number of benzene rings is 2. The molecule has 0 unspecified atom stereocenters. The van der Waals surface area contributed by atoms with Gasteiger partial charge in [0.05, 0.1) is 33.3 Å². The predicted molar refractivity (Wildman–Crippen MR) is 110 cm³/mol. The normalized spacial score (nSPS) is 15.7. The quantitative estimate of drug-likeness (QED) is 0.386. The van der Waals surface area contributed by atoms with E-state index in [4.69, 9.17) is 40.2 Å². The van der Waals surface area contributed by atoms with E-state index >= 15 is 0 Å². The third-order valence-corrected chi connectivity index (χ3v) is 5.60. The molecular formula is C18H11Cl2NO3S2. The van der Waals surface area contributed by atoms with Crippen molar-refractivity contribution in [2.24, 2.45) is 0 Å². The molecule has 0 aliphatic carbocycles. The Morgan fingerprint density at radius 1 is 1.19 bits per heavy atom. The number of hydrogen-bond donors (Lipinski definition) is 0. The Hall–Kier alpha value is -1.86. The van der Waals surface area contributed by atoms with Crippen LogP contribution in [0.2, 0.25) is 10.0 Å². The molecule has 1 aliphatic heterocycles. The van der Waals surface area contributed by atoms with Gasteiger partial charge in [-0.3, -0.25) is 9.69 Å². The van der Waals surface area contributed by atoms with Gasteiger partial charge in [-0.2, -0.15) is 0 Å². The van der Waals surface area contributed by atoms with Gasteiger partial charge in [-0.25, -0.2) is 4.79 Å². The summed E-state index contributed by atoms with van der Waals surface area (Å²) in [7, 11) is 1.30. The highest BCUT2D eigenvalue weighted by Crippen LogP contribution is 2.36. The van der Waals surface area contributed by atoms with Crippen LogP contribution < -0.4 is 4.90 Å². The first kappa shape index (κ1) is 18.9. The summed E-state index contributed by atoms with van der Waals surface area (Å²) in [5.41, 5.74) is 1.59. The molecule has 1 fully saturated rings. The van der Waals surface area contributed by atoms with Gasteiger partial charge in [0.1, 0.15) is 0 Å². The zero-order chi connectivity index (χ0) is 18.8. The molecule has 2 aromatic carbocycles. The number of halogens is 2. The molecule has 0 radical (unpaired) electrons. The van der Waals surface area contributed by atoms with Crippen molar-refractivity contribution in [3.05, 3.63) is 68.5 Å². The molecule has 2 aromatic rings. The average Bonchev–Trinajstić information content (AvgIpc) is 2.91. The van der Waals surface area contributed by atoms with Crippen molar-refractivity contribution < 1.29 is 14.3 Å². The topological polar surface area (TPSA) is 46.6 Å². The average molecular weight is 424 g/mol. The van der Waals surface area contributed by atoms with E-state index in [1.807, 2.05) is 0 Å². The van der Waals surface area contributed by atoms with Crippen molar-refractivity contribution in [2.75, 3.05) is 12.0 Å². The summed E-state index contributed by atoms with van der Waals surface area (Å²) in [6, 6.07) is 11.7. The van der Waals surface area contributed by atoms with Crippen LogP contribution in [0, 0.1) is 0 Å². The summed E-state index contributed by atoms with van der Waals surface area (Å²) in [4.78, 5) is 26.3. The van der Waals surface area contributed by atoms with Crippen molar-refractivity contribution in [1.82, 2.24) is 0 Å². The molecule has 1 aliphatic rings. The lowest BCUT2D eigenvalue weighted by molar-refractivity contribution is -0.113. The van der Waals surface area contributed by atoms with Gasteiger partial charge in [0, 0.05) is 0 Å². The van der Waals surface area contributed by atoms with Crippen molar-refractivity contribution in [3.8, 4) is 0 Å². The van der Waals surface area contributed by atoms with Crippen LogP contribution in [0.5, 0.6) is 0 Å². The number of hydrogen-bond acceptors (Lipinski definition) is 5. The molecule has 0 atom stereocenters. The van der Waals surface area contributed by atoms with E-state index in [9.17, 15) is 9.59 Å². The first-order valence-corrected chi connectivity index (χ1v) is 9.30. The van der Waals surface area contributed by atoms with Crippen molar-refractivity contribution >= 4 is 75.1 Å². The van der Waals surface area contributed by atoms with E-state index in [2.05, 4.69) is 0 Å². The molecule has 3 rings (SSSR count). The van der Waals surface area contributed by atoms with Gasteiger partial charge in [-0.1, -0.05) is 59.3 Å². The third-order valence-electron chi connectivity index (χ3n) is 3.56. The minimum Gasteiger partial charge on any atom is -0.465 e. The van der Waals surface area contributed by atoms with Gasteiger partial charge in [-0.05, 0) is 42.0 Å². The SMILES string of the molecule is COC(=O)c1cccc(N2C(=O)/C(=C/c3ccc(Cl)c(Cl)c3)SC2=S)c1. The van der Waals surface area contributed by atoms with Gasteiger partial charge in [0.25, 0.3) is 5.91 Å². The lowest BCUT2D eigenvalue weighted by Crippen LogP contribution is -2.27. The van der Waals surface area contributed by atoms with Crippen LogP contribution >= 0.6 is 47.2 Å². The van der Waals surface area contributed by atoms with E-state index in [-0.39, 0.29) is 5.91 Å². The molecule has 1 amide bonds. The second-order valence-corrected chi connectivity index (χ2v) is 7.72. The number of rotatable bonds is 3. The molecule has 0 aromatic heterocycles. The summed E-state index contributed by atoms with van der Waals surface area (Å²) < 4.78 is 5.09. The fourth-order valence-corrected chi connectivity index (χ4v) is 3.94. The second kappa shape index (κ2) is 7.80.